The second-order valence-electron chi connectivity index (χ2n) is 5.32. The minimum atomic E-state index is -0.235. The minimum Gasteiger partial charge on any atom is -0.323 e. The summed E-state index contributed by atoms with van der Waals surface area (Å²) in [6.45, 7) is 0.426. The summed E-state index contributed by atoms with van der Waals surface area (Å²) in [6.07, 6.45) is 2.33. The third-order valence-corrected chi connectivity index (χ3v) is 4.40. The molecule has 112 valence electrons. The number of urea groups is 1. The molecule has 1 saturated carbocycles. The van der Waals surface area contributed by atoms with E-state index in [1.54, 1.807) is 24.1 Å². The highest BCUT2D eigenvalue weighted by molar-refractivity contribution is 7.15. The number of carbonyl (C=O) groups excluding carboxylic acids is 1. The zero-order chi connectivity index (χ0) is 15.5. The molecule has 3 rings (SSSR count). The first-order valence-electron chi connectivity index (χ1n) is 7.00. The number of anilines is 1. The quantitative estimate of drug-likeness (QED) is 0.940. The van der Waals surface area contributed by atoms with Crippen LogP contribution in [0.3, 0.4) is 0 Å². The van der Waals surface area contributed by atoms with Crippen LogP contribution in [-0.4, -0.2) is 28.2 Å². The van der Waals surface area contributed by atoms with Gasteiger partial charge < -0.3 is 4.90 Å². The van der Waals surface area contributed by atoms with Crippen molar-refractivity contribution in [3.63, 3.8) is 0 Å². The highest BCUT2D eigenvalue weighted by Gasteiger charge is 2.27. The van der Waals surface area contributed by atoms with E-state index in [-0.39, 0.29) is 6.03 Å². The Morgan fingerprint density at radius 2 is 2.32 bits per heavy atom. The predicted molar refractivity (Wildman–Crippen MR) is 83.5 cm³/mol. The van der Waals surface area contributed by atoms with Gasteiger partial charge in [0.25, 0.3) is 0 Å². The van der Waals surface area contributed by atoms with Gasteiger partial charge in [0, 0.05) is 19.5 Å². The van der Waals surface area contributed by atoms with Crippen LogP contribution in [0.15, 0.2) is 24.3 Å². The Bertz CT molecular complexity index is 732. The molecule has 0 radical (unpaired) electrons. The van der Waals surface area contributed by atoms with E-state index in [9.17, 15) is 4.79 Å². The van der Waals surface area contributed by atoms with Gasteiger partial charge in [-0.2, -0.15) is 5.26 Å². The summed E-state index contributed by atoms with van der Waals surface area (Å²) in [5, 5.41) is 21.3. The molecule has 1 fully saturated rings. The van der Waals surface area contributed by atoms with E-state index >= 15 is 0 Å². The number of nitrogens with zero attached hydrogens (tertiary/aromatic N) is 4. The van der Waals surface area contributed by atoms with Gasteiger partial charge in [0.15, 0.2) is 0 Å². The van der Waals surface area contributed by atoms with Crippen LogP contribution in [0.25, 0.3) is 0 Å². The van der Waals surface area contributed by atoms with Gasteiger partial charge in [-0.15, -0.1) is 10.2 Å². The van der Waals surface area contributed by atoms with Crippen molar-refractivity contribution in [3.05, 3.63) is 40.4 Å². The fourth-order valence-electron chi connectivity index (χ4n) is 2.05. The largest absolute Gasteiger partial charge is 0.323 e. The van der Waals surface area contributed by atoms with Gasteiger partial charge in [-0.25, -0.2) is 4.79 Å². The molecule has 0 spiro atoms. The fraction of sp³-hybridized carbons (Fsp3) is 0.333. The lowest BCUT2D eigenvalue weighted by Crippen LogP contribution is -2.30. The Hall–Kier alpha value is -2.46. The maximum absolute atomic E-state index is 12.2. The second kappa shape index (κ2) is 6.12. The van der Waals surface area contributed by atoms with Crippen LogP contribution in [0.2, 0.25) is 0 Å². The Labute approximate surface area is 132 Å². The first-order chi connectivity index (χ1) is 10.7. The summed E-state index contributed by atoms with van der Waals surface area (Å²) in [5.74, 6) is 0.537. The molecular formula is C15H15N5OS. The van der Waals surface area contributed by atoms with Crippen LogP contribution in [0, 0.1) is 11.3 Å². The lowest BCUT2D eigenvalue weighted by molar-refractivity contribution is 0.220. The third kappa shape index (κ3) is 3.40. The van der Waals surface area contributed by atoms with Crippen LogP contribution in [0.1, 0.15) is 34.9 Å². The third-order valence-electron chi connectivity index (χ3n) is 3.40. The van der Waals surface area contributed by atoms with E-state index in [1.807, 2.05) is 12.1 Å². The van der Waals surface area contributed by atoms with Gasteiger partial charge >= 0.3 is 6.03 Å². The minimum absolute atomic E-state index is 0.235. The Balaban J connectivity index is 1.59. The van der Waals surface area contributed by atoms with E-state index in [2.05, 4.69) is 21.6 Å². The Morgan fingerprint density at radius 1 is 1.50 bits per heavy atom. The lowest BCUT2D eigenvalue weighted by Gasteiger charge is -2.17. The second-order valence-corrected chi connectivity index (χ2v) is 6.33. The first-order valence-corrected chi connectivity index (χ1v) is 7.82. The molecule has 2 amide bonds. The molecule has 1 aliphatic carbocycles. The maximum atomic E-state index is 12.2. The average molecular weight is 313 g/mol. The van der Waals surface area contributed by atoms with E-state index in [0.717, 1.165) is 23.4 Å². The van der Waals surface area contributed by atoms with Crippen LogP contribution < -0.4 is 5.32 Å². The zero-order valence-corrected chi connectivity index (χ0v) is 12.9. The number of benzene rings is 1. The van der Waals surface area contributed by atoms with E-state index in [1.165, 1.54) is 11.3 Å². The first kappa shape index (κ1) is 14.5. The fourth-order valence-corrected chi connectivity index (χ4v) is 2.95. The molecule has 1 aliphatic rings. The molecule has 0 unspecified atom stereocenters. The summed E-state index contributed by atoms with van der Waals surface area (Å²) < 4.78 is 0. The van der Waals surface area contributed by atoms with Gasteiger partial charge in [0.05, 0.1) is 11.6 Å². The molecule has 0 saturated heterocycles. The number of nitriles is 1. The summed E-state index contributed by atoms with van der Waals surface area (Å²) in [7, 11) is 1.71. The Morgan fingerprint density at radius 3 is 3.05 bits per heavy atom. The van der Waals surface area contributed by atoms with Gasteiger partial charge in [-0.05, 0) is 30.5 Å². The standard InChI is InChI=1S/C15H15N5OS/c1-20(9-11-4-2-3-10(7-11)8-16)15(21)17-14-19-18-13(22-14)12-5-6-12/h2-4,7,12H,5-6,9H2,1H3,(H,17,19,21). The average Bonchev–Trinajstić information content (AvgIpc) is 3.27. The number of amides is 2. The molecule has 1 aromatic carbocycles. The molecule has 0 atom stereocenters. The monoisotopic (exact) mass is 313 g/mol. The molecular weight excluding hydrogens is 298 g/mol. The molecule has 2 aromatic rings. The molecule has 22 heavy (non-hydrogen) atoms. The normalized spacial score (nSPS) is 13.5. The number of nitrogens with one attached hydrogen (secondary N) is 1. The van der Waals surface area contributed by atoms with Crippen molar-refractivity contribution < 1.29 is 4.79 Å². The summed E-state index contributed by atoms with van der Waals surface area (Å²) in [6, 6.07) is 9.08. The van der Waals surface area contributed by atoms with E-state index < -0.39 is 0 Å². The highest BCUT2D eigenvalue weighted by Crippen LogP contribution is 2.42. The lowest BCUT2D eigenvalue weighted by atomic mass is 10.1. The number of carbonyl (C=O) groups is 1. The number of hydrogen-bond donors (Lipinski definition) is 1. The SMILES string of the molecule is CN(Cc1cccc(C#N)c1)C(=O)Nc1nnc(C2CC2)s1. The Kier molecular flexibility index (Phi) is 4.02. The van der Waals surface area contributed by atoms with Crippen LogP contribution in [0.5, 0.6) is 0 Å². The summed E-state index contributed by atoms with van der Waals surface area (Å²) in [5.41, 5.74) is 1.50. The van der Waals surface area contributed by atoms with Crippen molar-refractivity contribution in [2.75, 3.05) is 12.4 Å². The van der Waals surface area contributed by atoms with Gasteiger partial charge in [0.1, 0.15) is 5.01 Å². The molecule has 1 heterocycles. The molecule has 1 aromatic heterocycles. The van der Waals surface area contributed by atoms with Gasteiger partial charge in [-0.3, -0.25) is 5.32 Å². The molecule has 1 N–H and O–H groups in total. The van der Waals surface area contributed by atoms with Gasteiger partial charge in [-0.1, -0.05) is 23.5 Å². The molecule has 6 nitrogen and oxygen atoms in total. The highest BCUT2D eigenvalue weighted by atomic mass is 32.1. The van der Waals surface area contributed by atoms with Crippen molar-refractivity contribution in [2.45, 2.75) is 25.3 Å². The summed E-state index contributed by atoms with van der Waals surface area (Å²) >= 11 is 1.44. The van der Waals surface area contributed by atoms with Crippen molar-refractivity contribution in [1.29, 1.82) is 5.26 Å². The van der Waals surface area contributed by atoms with Crippen LogP contribution in [-0.2, 0) is 6.54 Å². The van der Waals surface area contributed by atoms with Crippen LogP contribution >= 0.6 is 11.3 Å². The topological polar surface area (TPSA) is 81.9 Å². The van der Waals surface area contributed by atoms with Crippen LogP contribution in [0.4, 0.5) is 9.93 Å². The number of aromatic nitrogens is 2. The van der Waals surface area contributed by atoms with Crippen molar-refractivity contribution in [3.8, 4) is 6.07 Å². The molecule has 0 aliphatic heterocycles. The maximum Gasteiger partial charge on any atom is 0.323 e. The summed E-state index contributed by atoms with van der Waals surface area (Å²) in [4.78, 5) is 13.7. The number of rotatable bonds is 4. The van der Waals surface area contributed by atoms with Crippen molar-refractivity contribution in [1.82, 2.24) is 15.1 Å². The molecule has 7 heteroatoms. The zero-order valence-electron chi connectivity index (χ0n) is 12.1. The molecule has 0 bridgehead atoms. The van der Waals surface area contributed by atoms with Crippen molar-refractivity contribution in [2.24, 2.45) is 0 Å². The predicted octanol–water partition coefficient (Wildman–Crippen LogP) is 2.95. The van der Waals surface area contributed by atoms with E-state index in [4.69, 9.17) is 5.26 Å². The number of hydrogen-bond acceptors (Lipinski definition) is 5. The van der Waals surface area contributed by atoms with Crippen molar-refractivity contribution >= 4 is 22.5 Å². The smallest absolute Gasteiger partial charge is 0.323 e. The van der Waals surface area contributed by atoms with Gasteiger partial charge in [0.2, 0.25) is 5.13 Å². The van der Waals surface area contributed by atoms with E-state index in [0.29, 0.717) is 23.2 Å².